The van der Waals surface area contributed by atoms with E-state index in [1.807, 2.05) is 0 Å². The average molecular weight is 362 g/mol. The fourth-order valence-electron chi connectivity index (χ4n) is 2.12. The smallest absolute Gasteiger partial charge is 0.303 e. The van der Waals surface area contributed by atoms with Crippen LogP contribution in [0.15, 0.2) is 58.4 Å². The lowest BCUT2D eigenvalue weighted by Crippen LogP contribution is -2.22. The molecule has 0 heterocycles. The van der Waals surface area contributed by atoms with E-state index in [0.29, 0.717) is 17.8 Å². The Hall–Kier alpha value is -3.07. The van der Waals surface area contributed by atoms with Gasteiger partial charge in [0.1, 0.15) is 0 Å². The first kappa shape index (κ1) is 18.3. The van der Waals surface area contributed by atoms with Gasteiger partial charge in [0.25, 0.3) is 10.0 Å². The maximum absolute atomic E-state index is 12.5. The summed E-state index contributed by atoms with van der Waals surface area (Å²) in [6.07, 6.45) is 0.279. The largest absolute Gasteiger partial charge is 0.481 e. The van der Waals surface area contributed by atoms with Crippen LogP contribution >= 0.6 is 0 Å². The maximum Gasteiger partial charge on any atom is 0.303 e. The third-order valence-corrected chi connectivity index (χ3v) is 4.57. The van der Waals surface area contributed by atoms with Gasteiger partial charge in [0.2, 0.25) is 0 Å². The van der Waals surface area contributed by atoms with Crippen molar-refractivity contribution in [3.05, 3.63) is 54.1 Å². The third kappa shape index (κ3) is 5.50. The van der Waals surface area contributed by atoms with Gasteiger partial charge in [-0.1, -0.05) is 18.2 Å². The Balaban J connectivity index is 2.23. The van der Waals surface area contributed by atoms with E-state index in [2.05, 4.69) is 9.71 Å². The molecule has 2 aromatic carbocycles. The number of carboxylic acid groups (broad SMARTS) is 1. The summed E-state index contributed by atoms with van der Waals surface area (Å²) < 4.78 is 27.5. The highest BCUT2D eigenvalue weighted by Crippen LogP contribution is 2.21. The molecule has 25 heavy (non-hydrogen) atoms. The monoisotopic (exact) mass is 362 g/mol. The summed E-state index contributed by atoms with van der Waals surface area (Å²) in [4.78, 5) is 14.5. The van der Waals surface area contributed by atoms with Crippen LogP contribution in [0, 0.1) is 0 Å². The van der Waals surface area contributed by atoms with Crippen molar-refractivity contribution in [2.24, 2.45) is 16.5 Å². The summed E-state index contributed by atoms with van der Waals surface area (Å²) in [6.45, 7) is 0. The zero-order valence-corrected chi connectivity index (χ0v) is 14.0. The first-order valence-corrected chi connectivity index (χ1v) is 8.78. The van der Waals surface area contributed by atoms with Crippen molar-refractivity contribution in [3.63, 3.8) is 0 Å². The molecule has 0 aliphatic heterocycles. The van der Waals surface area contributed by atoms with Crippen LogP contribution in [0.1, 0.15) is 12.0 Å². The summed E-state index contributed by atoms with van der Waals surface area (Å²) in [6, 6.07) is 12.4. The van der Waals surface area contributed by atoms with Crippen LogP contribution in [0.5, 0.6) is 0 Å². The molecule has 0 atom stereocenters. The number of rotatable bonds is 7. The van der Waals surface area contributed by atoms with Crippen molar-refractivity contribution in [1.29, 1.82) is 0 Å². The van der Waals surface area contributed by atoms with E-state index >= 15 is 0 Å². The topological polar surface area (TPSA) is 148 Å². The molecule has 9 heteroatoms. The average Bonchev–Trinajstić information content (AvgIpc) is 2.52. The zero-order valence-electron chi connectivity index (χ0n) is 13.2. The summed E-state index contributed by atoms with van der Waals surface area (Å²) in [7, 11) is -3.84. The van der Waals surface area contributed by atoms with E-state index in [1.165, 1.54) is 18.2 Å². The number of sulfonamides is 1. The standard InChI is InChI=1S/C16H18N4O4S/c17-16(18)19-12-4-2-6-14(10-12)25(23,24)20-13-5-1-3-11(9-13)7-8-15(21)22/h1-6,9-10,20H,7-8H2,(H,21,22)(H4,17,18,19). The van der Waals surface area contributed by atoms with Crippen molar-refractivity contribution in [1.82, 2.24) is 0 Å². The van der Waals surface area contributed by atoms with Gasteiger partial charge in [-0.3, -0.25) is 9.52 Å². The number of hydrogen-bond donors (Lipinski definition) is 4. The lowest BCUT2D eigenvalue weighted by Gasteiger charge is -2.10. The highest BCUT2D eigenvalue weighted by molar-refractivity contribution is 7.92. The quantitative estimate of drug-likeness (QED) is 0.432. The molecule has 2 aromatic rings. The molecule has 0 unspecified atom stereocenters. The van der Waals surface area contributed by atoms with Crippen LogP contribution in [0.2, 0.25) is 0 Å². The van der Waals surface area contributed by atoms with Gasteiger partial charge >= 0.3 is 5.97 Å². The Kier molecular flexibility index (Phi) is 5.60. The number of hydrogen-bond acceptors (Lipinski definition) is 4. The van der Waals surface area contributed by atoms with E-state index in [1.54, 1.807) is 30.3 Å². The fourth-order valence-corrected chi connectivity index (χ4v) is 3.21. The summed E-state index contributed by atoms with van der Waals surface area (Å²) in [5.41, 5.74) is 12.0. The number of carbonyl (C=O) groups is 1. The lowest BCUT2D eigenvalue weighted by atomic mass is 10.1. The molecule has 0 spiro atoms. The number of guanidine groups is 1. The lowest BCUT2D eigenvalue weighted by molar-refractivity contribution is -0.136. The number of aliphatic carboxylic acids is 1. The number of nitrogens with one attached hydrogen (secondary N) is 1. The Bertz CT molecular complexity index is 906. The predicted molar refractivity (Wildman–Crippen MR) is 95.1 cm³/mol. The van der Waals surface area contributed by atoms with Gasteiger partial charge in [0, 0.05) is 12.1 Å². The molecule has 132 valence electrons. The highest BCUT2D eigenvalue weighted by atomic mass is 32.2. The van der Waals surface area contributed by atoms with Crippen LogP contribution in [0.4, 0.5) is 11.4 Å². The Labute approximate surface area is 145 Å². The van der Waals surface area contributed by atoms with E-state index in [0.717, 1.165) is 5.56 Å². The number of aliphatic imine (C=N–C) groups is 1. The molecule has 8 nitrogen and oxygen atoms in total. The molecule has 0 saturated carbocycles. The minimum Gasteiger partial charge on any atom is -0.481 e. The second-order valence-corrected chi connectivity index (χ2v) is 6.92. The van der Waals surface area contributed by atoms with Gasteiger partial charge < -0.3 is 16.6 Å². The van der Waals surface area contributed by atoms with Crippen LogP contribution in [-0.4, -0.2) is 25.5 Å². The van der Waals surface area contributed by atoms with Gasteiger partial charge in [0.05, 0.1) is 10.6 Å². The van der Waals surface area contributed by atoms with Crippen molar-refractivity contribution in [3.8, 4) is 0 Å². The molecule has 0 fully saturated rings. The van der Waals surface area contributed by atoms with E-state index in [9.17, 15) is 13.2 Å². The Morgan fingerprint density at radius 2 is 1.84 bits per heavy atom. The van der Waals surface area contributed by atoms with Gasteiger partial charge in [-0.25, -0.2) is 13.4 Å². The minimum absolute atomic E-state index is 0.00550. The summed E-state index contributed by atoms with van der Waals surface area (Å²) in [5, 5.41) is 8.73. The molecule has 2 rings (SSSR count). The van der Waals surface area contributed by atoms with E-state index in [4.69, 9.17) is 16.6 Å². The predicted octanol–water partition coefficient (Wildman–Crippen LogP) is 1.41. The third-order valence-electron chi connectivity index (χ3n) is 3.19. The molecule has 0 amide bonds. The SMILES string of the molecule is NC(N)=Nc1cccc(S(=O)(=O)Nc2cccc(CCC(=O)O)c2)c1. The molecule has 0 aliphatic rings. The number of anilines is 1. The van der Waals surface area contributed by atoms with Crippen LogP contribution in [0.3, 0.4) is 0 Å². The van der Waals surface area contributed by atoms with Crippen LogP contribution in [0.25, 0.3) is 0 Å². The minimum atomic E-state index is -3.84. The summed E-state index contributed by atoms with van der Waals surface area (Å²) >= 11 is 0. The molecule has 0 aromatic heterocycles. The number of nitrogens with zero attached hydrogens (tertiary/aromatic N) is 1. The Morgan fingerprint density at radius 1 is 1.12 bits per heavy atom. The highest BCUT2D eigenvalue weighted by Gasteiger charge is 2.15. The number of benzene rings is 2. The van der Waals surface area contributed by atoms with Crippen molar-refractivity contribution >= 4 is 33.3 Å². The second kappa shape index (κ2) is 7.67. The van der Waals surface area contributed by atoms with Gasteiger partial charge in [0.15, 0.2) is 5.96 Å². The van der Waals surface area contributed by atoms with Gasteiger partial charge in [-0.15, -0.1) is 0 Å². The van der Waals surface area contributed by atoms with Gasteiger partial charge in [-0.05, 0) is 42.3 Å². The van der Waals surface area contributed by atoms with Crippen molar-refractivity contribution < 1.29 is 18.3 Å². The van der Waals surface area contributed by atoms with Crippen LogP contribution < -0.4 is 16.2 Å². The van der Waals surface area contributed by atoms with Crippen molar-refractivity contribution in [2.45, 2.75) is 17.7 Å². The zero-order chi connectivity index (χ0) is 18.4. The molecule has 0 bridgehead atoms. The first-order chi connectivity index (χ1) is 11.8. The summed E-state index contributed by atoms with van der Waals surface area (Å²) in [5.74, 6) is -1.09. The first-order valence-electron chi connectivity index (χ1n) is 7.29. The number of carboxylic acids is 1. The second-order valence-electron chi connectivity index (χ2n) is 5.23. The fraction of sp³-hybridized carbons (Fsp3) is 0.125. The number of nitrogens with two attached hydrogens (primary N) is 2. The molecular formula is C16H18N4O4S. The van der Waals surface area contributed by atoms with E-state index in [-0.39, 0.29) is 17.3 Å². The number of aryl methyl sites for hydroxylation is 1. The maximum atomic E-state index is 12.5. The van der Waals surface area contributed by atoms with Gasteiger partial charge in [-0.2, -0.15) is 0 Å². The Morgan fingerprint density at radius 3 is 2.52 bits per heavy atom. The normalized spacial score (nSPS) is 10.9. The molecule has 6 N–H and O–H groups in total. The molecule has 0 radical (unpaired) electrons. The molecule has 0 saturated heterocycles. The van der Waals surface area contributed by atoms with Crippen LogP contribution in [-0.2, 0) is 21.2 Å². The van der Waals surface area contributed by atoms with E-state index < -0.39 is 16.0 Å². The molecular weight excluding hydrogens is 344 g/mol. The van der Waals surface area contributed by atoms with Crippen molar-refractivity contribution in [2.75, 3.05) is 4.72 Å². The molecule has 0 aliphatic carbocycles.